The van der Waals surface area contributed by atoms with Crippen molar-refractivity contribution in [3.63, 3.8) is 0 Å². The number of H-pyrrole nitrogens is 2. The number of anilines is 4. The van der Waals surface area contributed by atoms with Gasteiger partial charge in [0.05, 0.1) is 58.1 Å². The van der Waals surface area contributed by atoms with E-state index in [0.29, 0.717) is 16.7 Å². The number of hydrogen-bond donors (Lipinski definition) is 11. The standard InChI is InChI=1S/C68H76N20O27P4/c1-35-24-85(67(93)83-63(35)90)50-19-39(89)44(107-50)26-103-116(94,95)113-41-20-51(84-18-17-49(69)80-66(84)92)109-46(41)27-104-118(98,99)114-43-23-53(87-33-78-56-59(71)74-31-76-61(56)87)111-48(43)29-106-119(100,101)115-42-22-52(86-32-77-55-58(70)73-30-75-60(55)86)110-47(42)28-105-117(96,97)112-40-21-54(88-34-79-57-62(88)81-65(72)82-64(57)91)108-45(40)25-102-68(36-11-5-2-6-12-36,37-13-7-3-8-14-37)38-15-9-4-10-16-38/h2-18,24,30-34,39-48,50-54,89H,19-23,25-29H2,1H3,(H,94,95)(H,96,97)(H,98,99)(H,100,101)(H2,69,80,92)(H2,70,73,75)(H2,71,74,76)(H,83,90,93)(H3,72,81,82,91)/t39-,40-,41-,42-,43-,44+,45+,46+,47+,48+,50+,51+,52+,53+,54+/m0/s1. The van der Waals surface area contributed by atoms with Gasteiger partial charge in [-0.25, -0.2) is 62.7 Å². The number of aliphatic hydroxyl groups excluding tert-OH is 1. The lowest BCUT2D eigenvalue weighted by molar-refractivity contribution is -0.0939. The molecule has 16 rings (SSSR count). The second-order valence-corrected chi connectivity index (χ2v) is 33.7. The molecule has 5 aliphatic rings. The number of benzene rings is 3. The van der Waals surface area contributed by atoms with Crippen LogP contribution in [0, 0.1) is 6.92 Å². The number of imidazole rings is 3. The van der Waals surface area contributed by atoms with Crippen LogP contribution in [0.1, 0.15) is 85.5 Å². The van der Waals surface area contributed by atoms with E-state index in [-0.39, 0.29) is 88.3 Å². The quantitative estimate of drug-likeness (QED) is 0.0220. The molecule has 51 heteroatoms. The number of rotatable bonds is 31. The van der Waals surface area contributed by atoms with Crippen LogP contribution in [0.3, 0.4) is 0 Å². The summed E-state index contributed by atoms with van der Waals surface area (Å²) in [4.78, 5) is 140. The lowest BCUT2D eigenvalue weighted by atomic mass is 9.80. The van der Waals surface area contributed by atoms with E-state index in [1.807, 2.05) is 91.0 Å². The van der Waals surface area contributed by atoms with Crippen LogP contribution in [-0.2, 0) is 88.5 Å². The molecule has 5 saturated heterocycles. The summed E-state index contributed by atoms with van der Waals surface area (Å²) in [6.45, 7) is -2.65. The van der Waals surface area contributed by atoms with E-state index in [4.69, 9.17) is 87.5 Å². The first-order valence-electron chi connectivity index (χ1n) is 36.6. The van der Waals surface area contributed by atoms with E-state index < -0.39 is 191 Å². The molecular formula is C68H76N20O27P4. The number of aromatic amines is 2. The topological polar surface area (TPSA) is 643 Å². The fourth-order valence-electron chi connectivity index (χ4n) is 14.8. The summed E-state index contributed by atoms with van der Waals surface area (Å²) < 4.78 is 148. The summed E-state index contributed by atoms with van der Waals surface area (Å²) in [6.07, 6.45) is -14.3. The predicted octanol–water partition coefficient (Wildman–Crippen LogP) is 3.06. The van der Waals surface area contributed by atoms with Gasteiger partial charge < -0.3 is 76.0 Å². The zero-order chi connectivity index (χ0) is 83.5. The molecule has 3 aromatic carbocycles. The number of aromatic nitrogens is 16. The van der Waals surface area contributed by atoms with Gasteiger partial charge in [0.25, 0.3) is 11.1 Å². The number of phosphoric ester groups is 4. The number of phosphoric acid groups is 4. The fraction of sp³-hybridized carbons (Fsp3) is 0.397. The predicted molar refractivity (Wildman–Crippen MR) is 407 cm³/mol. The van der Waals surface area contributed by atoms with Crippen molar-refractivity contribution in [2.75, 3.05) is 56.0 Å². The minimum Gasteiger partial charge on any atom is -0.390 e. The Morgan fingerprint density at radius 3 is 1.28 bits per heavy atom. The normalized spacial score (nSPS) is 26.8. The second kappa shape index (κ2) is 33.6. The van der Waals surface area contributed by atoms with Crippen LogP contribution in [0.4, 0.5) is 23.4 Å². The average molecular weight is 1730 g/mol. The Hall–Kier alpha value is -9.97. The molecule has 19 atom stereocenters. The number of ether oxygens (including phenoxy) is 6. The molecule has 119 heavy (non-hydrogen) atoms. The Bertz CT molecular complexity index is 5920. The van der Waals surface area contributed by atoms with Gasteiger partial charge in [-0.3, -0.25) is 78.6 Å². The number of aryl methyl sites for hydroxylation is 1. The van der Waals surface area contributed by atoms with Crippen molar-refractivity contribution in [2.24, 2.45) is 0 Å². The fourth-order valence-corrected chi connectivity index (χ4v) is 18.6. The molecule has 15 N–H and O–H groups in total. The maximum absolute atomic E-state index is 14.8. The van der Waals surface area contributed by atoms with E-state index in [2.05, 4.69) is 54.8 Å². The zero-order valence-electron chi connectivity index (χ0n) is 62.1. The molecule has 0 aliphatic carbocycles. The molecule has 47 nitrogen and oxygen atoms in total. The highest BCUT2D eigenvalue weighted by Gasteiger charge is 2.51. The van der Waals surface area contributed by atoms with Gasteiger partial charge in [0.15, 0.2) is 34.1 Å². The van der Waals surface area contributed by atoms with E-state index in [1.165, 1.54) is 58.1 Å². The van der Waals surface area contributed by atoms with E-state index >= 15 is 0 Å². The molecule has 630 valence electrons. The van der Waals surface area contributed by atoms with Crippen LogP contribution >= 0.6 is 31.3 Å². The summed E-state index contributed by atoms with van der Waals surface area (Å²) >= 11 is 0. The molecule has 5 aliphatic heterocycles. The van der Waals surface area contributed by atoms with Crippen molar-refractivity contribution < 1.29 is 108 Å². The number of nitrogens with zero attached hydrogens (tertiary/aromatic N) is 14. The lowest BCUT2D eigenvalue weighted by Crippen LogP contribution is -2.38. The Morgan fingerprint density at radius 1 is 0.454 bits per heavy atom. The Kier molecular flexibility index (Phi) is 23.3. The monoisotopic (exact) mass is 1730 g/mol. The highest BCUT2D eigenvalue weighted by atomic mass is 31.2. The number of fused-ring (bicyclic) bond motifs is 3. The van der Waals surface area contributed by atoms with Gasteiger partial charge in [-0.1, -0.05) is 91.0 Å². The third-order valence-corrected chi connectivity index (χ3v) is 24.4. The Balaban J connectivity index is 0.631. The number of nitrogens with two attached hydrogens (primary N) is 4. The first-order valence-corrected chi connectivity index (χ1v) is 42.5. The number of nitrogen functional groups attached to an aromatic ring is 4. The van der Waals surface area contributed by atoms with Crippen LogP contribution in [0.25, 0.3) is 33.5 Å². The van der Waals surface area contributed by atoms with E-state index in [9.17, 15) is 62.1 Å². The van der Waals surface area contributed by atoms with Crippen molar-refractivity contribution in [1.82, 2.24) is 77.7 Å². The molecule has 0 spiro atoms. The van der Waals surface area contributed by atoms with Gasteiger partial charge in [0, 0.05) is 50.1 Å². The van der Waals surface area contributed by atoms with Crippen LogP contribution in [0.5, 0.6) is 0 Å². The number of hydrogen-bond acceptors (Lipinski definition) is 36. The first kappa shape index (κ1) is 82.7. The Morgan fingerprint density at radius 2 is 0.840 bits per heavy atom. The van der Waals surface area contributed by atoms with Crippen LogP contribution in [-0.4, -0.2) is 196 Å². The second-order valence-electron chi connectivity index (χ2n) is 28.1. The van der Waals surface area contributed by atoms with Crippen LogP contribution in [0.15, 0.2) is 160 Å². The van der Waals surface area contributed by atoms with Gasteiger partial charge >= 0.3 is 42.7 Å². The maximum Gasteiger partial charge on any atom is 0.472 e. The van der Waals surface area contributed by atoms with Crippen molar-refractivity contribution in [3.8, 4) is 0 Å². The van der Waals surface area contributed by atoms with Crippen LogP contribution < -0.4 is 45.4 Å². The SMILES string of the molecule is Cc1cn([C@H]2C[C@H](O)[C@@H](COP(=O)(O)O[C@H]3C[C@H](n4ccc(N)nc4=O)O[C@@H]3COP(=O)(O)O[C@H]3C[C@H](n4cnc5c(N)ncnc54)O[C@@H]3COP(=O)(O)O[C@H]3C[C@H](n4cnc5c(N)ncnc54)O[C@@H]3COP(=O)(O)O[C@H]3C[C@H](n4cnc5c(=O)[nH]c(N)nc54)O[C@@H]3COC(c3ccccc3)(c3ccccc3)c3ccccc3)O2)c(=O)[nH]c1=O. The average Bonchev–Trinajstić information content (AvgIpc) is 1.72. The molecule has 11 aromatic rings. The molecule has 0 saturated carbocycles. The van der Waals surface area contributed by atoms with Crippen molar-refractivity contribution in [3.05, 3.63) is 205 Å². The molecule has 5 fully saturated rings. The molecule has 0 radical (unpaired) electrons. The van der Waals surface area contributed by atoms with Gasteiger partial charge in [-0.05, 0) is 29.7 Å². The summed E-state index contributed by atoms with van der Waals surface area (Å²) in [5.74, 6) is -0.476. The summed E-state index contributed by atoms with van der Waals surface area (Å²) in [5, 5.41) is 10.9. The van der Waals surface area contributed by atoms with Crippen molar-refractivity contribution >= 4 is 88.2 Å². The summed E-state index contributed by atoms with van der Waals surface area (Å²) in [6, 6.07) is 29.2. The molecule has 8 aromatic heterocycles. The summed E-state index contributed by atoms with van der Waals surface area (Å²) in [7, 11) is -21.7. The third-order valence-electron chi connectivity index (χ3n) is 20.4. The van der Waals surface area contributed by atoms with Gasteiger partial charge in [0.2, 0.25) is 5.95 Å². The largest absolute Gasteiger partial charge is 0.472 e. The van der Waals surface area contributed by atoms with Gasteiger partial charge in [-0.15, -0.1) is 0 Å². The molecule has 13 heterocycles. The van der Waals surface area contributed by atoms with Gasteiger partial charge in [0.1, 0.15) is 121 Å². The zero-order valence-corrected chi connectivity index (χ0v) is 65.7. The number of aliphatic hydroxyl groups is 1. The van der Waals surface area contributed by atoms with Gasteiger partial charge in [-0.2, -0.15) is 9.97 Å². The minimum absolute atomic E-state index is 0.0124. The molecule has 0 amide bonds. The first-order chi connectivity index (χ1) is 56.9. The number of nitrogens with one attached hydrogen (secondary N) is 2. The third kappa shape index (κ3) is 17.7. The summed E-state index contributed by atoms with van der Waals surface area (Å²) in [5.41, 5.74) is 22.2. The van der Waals surface area contributed by atoms with E-state index in [1.54, 1.807) is 0 Å². The smallest absolute Gasteiger partial charge is 0.390 e. The van der Waals surface area contributed by atoms with Crippen molar-refractivity contribution in [1.29, 1.82) is 0 Å². The highest BCUT2D eigenvalue weighted by Crippen LogP contribution is 2.56. The molecular weight excluding hydrogens is 1650 g/mol. The Labute approximate surface area is 668 Å². The van der Waals surface area contributed by atoms with E-state index in [0.717, 1.165) is 21.8 Å². The van der Waals surface area contributed by atoms with Crippen molar-refractivity contribution in [2.45, 2.75) is 137 Å². The maximum atomic E-state index is 14.8. The highest BCUT2D eigenvalue weighted by molar-refractivity contribution is 7.48. The molecule has 4 unspecified atom stereocenters. The lowest BCUT2D eigenvalue weighted by Gasteiger charge is -2.37. The molecule has 0 bridgehead atoms. The van der Waals surface area contributed by atoms with Crippen LogP contribution in [0.2, 0.25) is 0 Å². The minimum atomic E-state index is -5.52.